The fraction of sp³-hybridized carbons (Fsp3) is 0.222. The summed E-state index contributed by atoms with van der Waals surface area (Å²) in [5, 5.41) is 2.43. The van der Waals surface area contributed by atoms with Crippen LogP contribution in [0.2, 0.25) is 0 Å². The smallest absolute Gasteiger partial charge is 0.0856 e. The highest BCUT2D eigenvalue weighted by atomic mass is 14.8. The molecule has 0 bridgehead atoms. The van der Waals surface area contributed by atoms with Crippen molar-refractivity contribution in [3.05, 3.63) is 42.9 Å². The van der Waals surface area contributed by atoms with Gasteiger partial charge in [-0.1, -0.05) is 30.3 Å². The average Bonchev–Trinajstić information content (AvgIpc) is 2.05. The molecule has 1 rings (SSSR count). The Morgan fingerprint density at radius 1 is 1.30 bits per heavy atom. The Kier molecular flexibility index (Phi) is 2.46. The molecule has 1 aromatic carbocycles. The minimum atomic E-state index is 0.126. The Hall–Kier alpha value is -0.820. The highest BCUT2D eigenvalue weighted by molar-refractivity contribution is 5.17. The number of rotatable bonds is 2. The molecular weight excluding hydrogens is 122 g/mol. The van der Waals surface area contributed by atoms with E-state index in [1.807, 2.05) is 37.3 Å². The molecule has 0 aromatic heterocycles. The SMILES string of the molecule is [C]NC(C)c1ccccc1. The summed E-state index contributed by atoms with van der Waals surface area (Å²) in [7, 11) is 6.90. The molecule has 1 heteroatoms. The maximum Gasteiger partial charge on any atom is 0.0856 e. The van der Waals surface area contributed by atoms with Gasteiger partial charge < -0.3 is 0 Å². The second kappa shape index (κ2) is 3.37. The molecule has 0 saturated carbocycles. The van der Waals surface area contributed by atoms with Gasteiger partial charge in [-0.3, -0.25) is 5.32 Å². The molecule has 1 N–H and O–H groups in total. The van der Waals surface area contributed by atoms with Crippen LogP contribution >= 0.6 is 0 Å². The molecule has 0 amide bonds. The largest absolute Gasteiger partial charge is 0.299 e. The van der Waals surface area contributed by atoms with Crippen LogP contribution in [0.3, 0.4) is 0 Å². The van der Waals surface area contributed by atoms with Crippen LogP contribution < -0.4 is 5.32 Å². The summed E-state index contributed by atoms with van der Waals surface area (Å²) >= 11 is 0. The first-order valence-corrected chi connectivity index (χ1v) is 3.32. The molecule has 0 aliphatic rings. The van der Waals surface area contributed by atoms with Crippen molar-refractivity contribution in [2.75, 3.05) is 0 Å². The lowest BCUT2D eigenvalue weighted by Crippen LogP contribution is -2.09. The molecule has 10 heavy (non-hydrogen) atoms. The monoisotopic (exact) mass is 132 g/mol. The van der Waals surface area contributed by atoms with Crippen LogP contribution in [0.15, 0.2) is 30.3 Å². The Morgan fingerprint density at radius 3 is 2.40 bits per heavy atom. The van der Waals surface area contributed by atoms with E-state index in [9.17, 15) is 0 Å². The van der Waals surface area contributed by atoms with Crippen molar-refractivity contribution < 1.29 is 0 Å². The topological polar surface area (TPSA) is 12.0 Å². The van der Waals surface area contributed by atoms with Gasteiger partial charge in [-0.2, -0.15) is 0 Å². The van der Waals surface area contributed by atoms with E-state index in [0.717, 1.165) is 5.56 Å². The Bertz CT molecular complexity index is 181. The molecule has 0 aliphatic heterocycles. The zero-order valence-electron chi connectivity index (χ0n) is 5.96. The molecular formula is C9H10N. The van der Waals surface area contributed by atoms with E-state index in [-0.39, 0.29) is 6.04 Å². The Morgan fingerprint density at radius 2 is 1.90 bits per heavy atom. The van der Waals surface area contributed by atoms with Gasteiger partial charge in [0.1, 0.15) is 0 Å². The van der Waals surface area contributed by atoms with E-state index >= 15 is 0 Å². The van der Waals surface area contributed by atoms with Crippen LogP contribution in [0.25, 0.3) is 0 Å². The molecule has 0 spiro atoms. The summed E-state index contributed by atoms with van der Waals surface area (Å²) in [4.78, 5) is 0. The average molecular weight is 132 g/mol. The fourth-order valence-corrected chi connectivity index (χ4v) is 0.825. The van der Waals surface area contributed by atoms with Crippen LogP contribution in [-0.4, -0.2) is 0 Å². The molecule has 0 saturated heterocycles. The van der Waals surface area contributed by atoms with Crippen LogP contribution in [-0.2, 0) is 0 Å². The number of benzene rings is 1. The summed E-state index contributed by atoms with van der Waals surface area (Å²) in [6.07, 6.45) is 0. The van der Waals surface area contributed by atoms with Crippen molar-refractivity contribution >= 4 is 0 Å². The maximum atomic E-state index is 6.90. The predicted octanol–water partition coefficient (Wildman–Crippen LogP) is 1.88. The Balaban J connectivity index is 2.75. The van der Waals surface area contributed by atoms with Crippen LogP contribution in [0.1, 0.15) is 18.5 Å². The first kappa shape index (κ1) is 7.29. The zero-order chi connectivity index (χ0) is 7.40. The predicted molar refractivity (Wildman–Crippen MR) is 41.2 cm³/mol. The van der Waals surface area contributed by atoms with E-state index in [1.165, 1.54) is 0 Å². The van der Waals surface area contributed by atoms with E-state index in [2.05, 4.69) is 5.32 Å². The number of nitrogens with one attached hydrogen (secondary N) is 1. The number of hydrogen-bond donors (Lipinski definition) is 1. The van der Waals surface area contributed by atoms with E-state index < -0.39 is 0 Å². The summed E-state index contributed by atoms with van der Waals surface area (Å²) in [6, 6.07) is 10.1. The zero-order valence-corrected chi connectivity index (χ0v) is 5.96. The standard InChI is InChI=1S/C9H10N/c1-8(10-2)9-6-4-3-5-7-9/h3-8,10H,1H3. The van der Waals surface area contributed by atoms with Gasteiger partial charge in [-0.25, -0.2) is 0 Å². The van der Waals surface area contributed by atoms with Crippen molar-refractivity contribution in [1.29, 1.82) is 0 Å². The molecule has 1 atom stereocenters. The lowest BCUT2D eigenvalue weighted by atomic mass is 10.1. The fourth-order valence-electron chi connectivity index (χ4n) is 0.825. The van der Waals surface area contributed by atoms with Crippen molar-refractivity contribution in [2.24, 2.45) is 0 Å². The van der Waals surface area contributed by atoms with Gasteiger partial charge in [0.15, 0.2) is 0 Å². The van der Waals surface area contributed by atoms with Crippen LogP contribution in [0.5, 0.6) is 0 Å². The summed E-state index contributed by atoms with van der Waals surface area (Å²) < 4.78 is 0. The van der Waals surface area contributed by atoms with E-state index in [0.29, 0.717) is 0 Å². The molecule has 1 nitrogen and oxygen atoms in total. The number of hydrogen-bond acceptors (Lipinski definition) is 1. The molecule has 1 aromatic rings. The lowest BCUT2D eigenvalue weighted by molar-refractivity contribution is 0.683. The van der Waals surface area contributed by atoms with E-state index in [4.69, 9.17) is 7.05 Å². The van der Waals surface area contributed by atoms with Crippen LogP contribution in [0, 0.1) is 7.05 Å². The van der Waals surface area contributed by atoms with Crippen molar-refractivity contribution in [2.45, 2.75) is 13.0 Å². The van der Waals surface area contributed by atoms with Gasteiger partial charge in [-0.05, 0) is 12.5 Å². The molecule has 1 unspecified atom stereocenters. The first-order valence-electron chi connectivity index (χ1n) is 3.32. The summed E-state index contributed by atoms with van der Waals surface area (Å²) in [5.74, 6) is 0. The van der Waals surface area contributed by atoms with Crippen LogP contribution in [0.4, 0.5) is 0 Å². The molecule has 51 valence electrons. The van der Waals surface area contributed by atoms with Gasteiger partial charge in [0.25, 0.3) is 0 Å². The van der Waals surface area contributed by atoms with Crippen molar-refractivity contribution in [3.8, 4) is 0 Å². The highest BCUT2D eigenvalue weighted by Gasteiger charge is 1.98. The molecule has 0 fully saturated rings. The summed E-state index contributed by atoms with van der Waals surface area (Å²) in [5.41, 5.74) is 1.15. The lowest BCUT2D eigenvalue weighted by Gasteiger charge is -2.08. The van der Waals surface area contributed by atoms with Gasteiger partial charge >= 0.3 is 0 Å². The third kappa shape index (κ3) is 1.58. The minimum Gasteiger partial charge on any atom is -0.299 e. The quantitative estimate of drug-likeness (QED) is 0.647. The third-order valence-electron chi connectivity index (χ3n) is 1.52. The van der Waals surface area contributed by atoms with Gasteiger partial charge in [0.2, 0.25) is 0 Å². The summed E-state index contributed by atoms with van der Waals surface area (Å²) in [6.45, 7) is 1.96. The normalized spacial score (nSPS) is 13.0. The van der Waals surface area contributed by atoms with Gasteiger partial charge in [-0.15, -0.1) is 0 Å². The Labute approximate surface area is 62.1 Å². The van der Waals surface area contributed by atoms with E-state index in [1.54, 1.807) is 0 Å². The molecule has 0 aliphatic carbocycles. The van der Waals surface area contributed by atoms with Gasteiger partial charge in [0.05, 0.1) is 7.05 Å². The molecule has 0 heterocycles. The second-order valence-electron chi connectivity index (χ2n) is 2.28. The van der Waals surface area contributed by atoms with Gasteiger partial charge in [0, 0.05) is 6.04 Å². The van der Waals surface area contributed by atoms with Crippen molar-refractivity contribution in [1.82, 2.24) is 5.32 Å². The maximum absolute atomic E-state index is 6.90. The first-order chi connectivity index (χ1) is 4.84. The minimum absolute atomic E-state index is 0.126. The van der Waals surface area contributed by atoms with Crippen molar-refractivity contribution in [3.63, 3.8) is 0 Å². The highest BCUT2D eigenvalue weighted by Crippen LogP contribution is 2.09. The molecule has 3 radical (unpaired) electrons. The third-order valence-corrected chi connectivity index (χ3v) is 1.52. The second-order valence-corrected chi connectivity index (χ2v) is 2.28.